The second kappa shape index (κ2) is 9.03. The van der Waals surface area contributed by atoms with Crippen LogP contribution in [0.5, 0.6) is 11.5 Å². The zero-order valence-corrected chi connectivity index (χ0v) is 23.1. The summed E-state index contributed by atoms with van der Waals surface area (Å²) in [7, 11) is -1.98. The summed E-state index contributed by atoms with van der Waals surface area (Å²) >= 11 is 0. The van der Waals surface area contributed by atoms with E-state index < -0.39 is 33.9 Å². The van der Waals surface area contributed by atoms with E-state index in [1.165, 1.54) is 17.1 Å². The van der Waals surface area contributed by atoms with Crippen LogP contribution in [-0.2, 0) is 27.6 Å². The van der Waals surface area contributed by atoms with Crippen LogP contribution in [-0.4, -0.2) is 78.6 Å². The minimum absolute atomic E-state index is 0.0830. The minimum atomic E-state index is -3.64. The molecule has 2 N–H and O–H groups in total. The number of aliphatic hydroxyl groups is 1. The first-order valence-corrected chi connectivity index (χ1v) is 15.8. The maximum atomic E-state index is 13.7. The van der Waals surface area contributed by atoms with Gasteiger partial charge in [0.25, 0.3) is 0 Å². The van der Waals surface area contributed by atoms with E-state index in [2.05, 4.69) is 4.90 Å². The SMILES string of the molecule is CN(C1CC[C@H]2[C@H]3Cc4cc(C(=O)CO)c(O)c5c4[C@@]2(CCN3CC2CC2)C1O5)S(=O)(=O)Cc1ccccc1. The third kappa shape index (κ3) is 3.80. The molecule has 5 atom stereocenters. The lowest BCUT2D eigenvalue weighted by Crippen LogP contribution is -2.69. The van der Waals surface area contributed by atoms with E-state index in [-0.39, 0.29) is 29.1 Å². The predicted molar refractivity (Wildman–Crippen MR) is 145 cm³/mol. The number of hydrogen-bond acceptors (Lipinski definition) is 7. The van der Waals surface area contributed by atoms with Crippen molar-refractivity contribution in [3.63, 3.8) is 0 Å². The van der Waals surface area contributed by atoms with Gasteiger partial charge in [-0.05, 0) is 74.1 Å². The number of carbonyl (C=O) groups excluding carboxylic acids is 1. The van der Waals surface area contributed by atoms with Crippen LogP contribution in [0.1, 0.15) is 59.2 Å². The van der Waals surface area contributed by atoms with E-state index in [0.29, 0.717) is 18.1 Å². The monoisotopic (exact) mass is 552 g/mol. The third-order valence-corrected chi connectivity index (χ3v) is 12.1. The Balaban J connectivity index is 1.31. The standard InChI is InChI=1S/C30H36N2O6S/c1-31(39(36,37)17-19-5-3-2-4-6-19)23-10-9-22-24-14-20-13-21(25(34)16-33)27(35)28-26(20)30(22,29(23)38-28)11-12-32(24)15-18-7-8-18/h2-6,13,18,22-24,29,33,35H,7-12,14-17H2,1H3/t22-,23?,24+,29?,30-/m0/s1. The summed E-state index contributed by atoms with van der Waals surface area (Å²) in [4.78, 5) is 15.2. The van der Waals surface area contributed by atoms with Crippen LogP contribution >= 0.6 is 0 Å². The average molecular weight is 553 g/mol. The van der Waals surface area contributed by atoms with Crippen LogP contribution in [0.3, 0.4) is 0 Å². The fourth-order valence-electron chi connectivity index (χ4n) is 8.30. The smallest absolute Gasteiger partial charge is 0.218 e. The summed E-state index contributed by atoms with van der Waals surface area (Å²) in [5.74, 6) is 0.536. The number of carbonyl (C=O) groups is 1. The number of rotatable bonds is 8. The van der Waals surface area contributed by atoms with Crippen molar-refractivity contribution in [2.75, 3.05) is 26.7 Å². The molecular weight excluding hydrogens is 516 g/mol. The van der Waals surface area contributed by atoms with Gasteiger partial charge in [0.05, 0.1) is 17.4 Å². The third-order valence-electron chi connectivity index (χ3n) is 10.2. The molecule has 1 spiro atoms. The highest BCUT2D eigenvalue weighted by molar-refractivity contribution is 7.88. The van der Waals surface area contributed by atoms with Gasteiger partial charge in [-0.15, -0.1) is 0 Å². The average Bonchev–Trinajstić information content (AvgIpc) is 3.68. The zero-order valence-electron chi connectivity index (χ0n) is 22.3. The van der Waals surface area contributed by atoms with Gasteiger partial charge >= 0.3 is 0 Å². The van der Waals surface area contributed by atoms with E-state index in [4.69, 9.17) is 4.74 Å². The van der Waals surface area contributed by atoms with E-state index in [0.717, 1.165) is 55.0 Å². The first-order chi connectivity index (χ1) is 18.7. The summed E-state index contributed by atoms with van der Waals surface area (Å²) in [6.07, 6.45) is 5.29. The fraction of sp³-hybridized carbons (Fsp3) is 0.567. The van der Waals surface area contributed by atoms with Crippen molar-refractivity contribution in [2.24, 2.45) is 11.8 Å². The number of phenolic OH excluding ortho intramolecular Hbond substituents is 1. The van der Waals surface area contributed by atoms with Gasteiger partial charge in [-0.25, -0.2) is 8.42 Å². The number of likely N-dealkylation sites (N-methyl/N-ethyl adjacent to an activating group) is 1. The molecule has 7 rings (SSSR count). The summed E-state index contributed by atoms with van der Waals surface area (Å²) in [5.41, 5.74) is 2.40. The molecule has 0 amide bonds. The Kier molecular flexibility index (Phi) is 5.90. The molecule has 2 aliphatic heterocycles. The lowest BCUT2D eigenvalue weighted by Gasteiger charge is -2.60. The molecule has 5 aliphatic rings. The Morgan fingerprint density at radius 3 is 2.67 bits per heavy atom. The van der Waals surface area contributed by atoms with Crippen LogP contribution in [0.15, 0.2) is 36.4 Å². The van der Waals surface area contributed by atoms with E-state index in [1.807, 2.05) is 30.3 Å². The Labute approximate surface area is 229 Å². The van der Waals surface area contributed by atoms with Crippen molar-refractivity contribution in [2.45, 2.75) is 67.9 Å². The molecule has 2 saturated carbocycles. The van der Waals surface area contributed by atoms with Crippen molar-refractivity contribution in [1.82, 2.24) is 9.21 Å². The molecule has 2 heterocycles. The Bertz CT molecular complexity index is 1420. The second-order valence-corrected chi connectivity index (χ2v) is 14.3. The molecule has 39 heavy (non-hydrogen) atoms. The number of piperidine rings is 1. The highest BCUT2D eigenvalue weighted by atomic mass is 32.2. The van der Waals surface area contributed by atoms with E-state index >= 15 is 0 Å². The zero-order chi connectivity index (χ0) is 27.1. The van der Waals surface area contributed by atoms with Crippen LogP contribution in [0, 0.1) is 11.8 Å². The molecule has 2 aromatic rings. The molecule has 0 aromatic heterocycles. The number of nitrogens with zero attached hydrogens (tertiary/aromatic N) is 2. The van der Waals surface area contributed by atoms with Gasteiger partial charge in [0.1, 0.15) is 12.7 Å². The summed E-state index contributed by atoms with van der Waals surface area (Å²) in [6.45, 7) is 1.31. The molecule has 2 unspecified atom stereocenters. The second-order valence-electron chi connectivity index (χ2n) is 12.3. The van der Waals surface area contributed by atoms with E-state index in [9.17, 15) is 23.4 Å². The van der Waals surface area contributed by atoms with Gasteiger partial charge in [0.2, 0.25) is 10.0 Å². The van der Waals surface area contributed by atoms with Crippen molar-refractivity contribution in [3.05, 3.63) is 58.7 Å². The number of benzene rings is 2. The minimum Gasteiger partial charge on any atom is -0.504 e. The Morgan fingerprint density at radius 1 is 1.18 bits per heavy atom. The molecule has 9 heteroatoms. The highest BCUT2D eigenvalue weighted by Crippen LogP contribution is 2.65. The quantitative estimate of drug-likeness (QED) is 0.485. The molecular formula is C30H36N2O6S. The number of aromatic hydroxyl groups is 1. The van der Waals surface area contributed by atoms with Gasteiger partial charge in [-0.1, -0.05) is 30.3 Å². The van der Waals surface area contributed by atoms with Crippen molar-refractivity contribution in [1.29, 1.82) is 0 Å². The number of ketones is 1. The number of Topliss-reactive ketones (excluding diaryl/α,β-unsaturated/α-hetero) is 1. The van der Waals surface area contributed by atoms with Gasteiger partial charge in [-0.3, -0.25) is 9.69 Å². The number of phenols is 1. The maximum Gasteiger partial charge on any atom is 0.218 e. The number of hydrogen-bond donors (Lipinski definition) is 2. The molecule has 3 fully saturated rings. The van der Waals surface area contributed by atoms with Crippen molar-refractivity contribution < 1.29 is 28.2 Å². The molecule has 208 valence electrons. The molecule has 8 nitrogen and oxygen atoms in total. The first kappa shape index (κ1) is 25.5. The van der Waals surface area contributed by atoms with Crippen LogP contribution in [0.25, 0.3) is 0 Å². The topological polar surface area (TPSA) is 107 Å². The lowest BCUT2D eigenvalue weighted by molar-refractivity contribution is -0.0752. The number of sulfonamides is 1. The highest BCUT2D eigenvalue weighted by Gasteiger charge is 2.67. The first-order valence-electron chi connectivity index (χ1n) is 14.2. The van der Waals surface area contributed by atoms with Crippen LogP contribution < -0.4 is 4.74 Å². The summed E-state index contributed by atoms with van der Waals surface area (Å²) in [5, 5.41) is 20.8. The Morgan fingerprint density at radius 2 is 1.95 bits per heavy atom. The number of aliphatic hydroxyl groups excluding tert-OH is 1. The van der Waals surface area contributed by atoms with Crippen molar-refractivity contribution >= 4 is 15.8 Å². The van der Waals surface area contributed by atoms with Crippen LogP contribution in [0.4, 0.5) is 0 Å². The summed E-state index contributed by atoms with van der Waals surface area (Å²) < 4.78 is 35.5. The molecule has 3 aliphatic carbocycles. The normalized spacial score (nSPS) is 31.2. The largest absolute Gasteiger partial charge is 0.504 e. The number of likely N-dealkylation sites (tertiary alicyclic amines) is 1. The van der Waals surface area contributed by atoms with Gasteiger partial charge in [0, 0.05) is 30.6 Å². The van der Waals surface area contributed by atoms with Crippen LogP contribution in [0.2, 0.25) is 0 Å². The summed E-state index contributed by atoms with van der Waals surface area (Å²) in [6, 6.07) is 10.9. The molecule has 1 saturated heterocycles. The van der Waals surface area contributed by atoms with E-state index in [1.54, 1.807) is 13.1 Å². The lowest BCUT2D eigenvalue weighted by atomic mass is 9.51. The van der Waals surface area contributed by atoms with Gasteiger partial charge in [0.15, 0.2) is 17.3 Å². The molecule has 2 aromatic carbocycles. The predicted octanol–water partition coefficient (Wildman–Crippen LogP) is 2.85. The van der Waals surface area contributed by atoms with Crippen molar-refractivity contribution in [3.8, 4) is 11.5 Å². The number of ether oxygens (including phenoxy) is 1. The van der Waals surface area contributed by atoms with Gasteiger partial charge < -0.3 is 14.9 Å². The van der Waals surface area contributed by atoms with Gasteiger partial charge in [-0.2, -0.15) is 4.31 Å². The molecule has 0 radical (unpaired) electrons. The molecule has 2 bridgehead atoms. The Hall–Kier alpha value is -2.46. The maximum absolute atomic E-state index is 13.7. The fourth-order valence-corrected chi connectivity index (χ4v) is 9.74.